The van der Waals surface area contributed by atoms with Crippen molar-refractivity contribution in [1.29, 1.82) is 0 Å². The molecule has 1 aliphatic carbocycles. The Morgan fingerprint density at radius 1 is 1.13 bits per heavy atom. The van der Waals surface area contributed by atoms with Crippen LogP contribution in [0, 0.1) is 0 Å². The van der Waals surface area contributed by atoms with Crippen molar-refractivity contribution in [3.63, 3.8) is 0 Å². The van der Waals surface area contributed by atoms with Crippen molar-refractivity contribution in [2.75, 3.05) is 18.9 Å². The number of nitrogens with one attached hydrogen (secondary N) is 1. The van der Waals surface area contributed by atoms with Gasteiger partial charge in [0, 0.05) is 24.2 Å². The zero-order valence-electron chi connectivity index (χ0n) is 16.2. The van der Waals surface area contributed by atoms with Crippen molar-refractivity contribution in [1.82, 2.24) is 15.3 Å². The number of halogens is 1. The number of carbonyl (C=O) groups is 1. The first-order valence-electron chi connectivity index (χ1n) is 9.67. The number of ether oxygens (including phenoxy) is 1. The second-order valence-electron chi connectivity index (χ2n) is 6.92. The molecule has 0 atom stereocenters. The van der Waals surface area contributed by atoms with E-state index in [2.05, 4.69) is 39.6 Å². The van der Waals surface area contributed by atoms with Gasteiger partial charge in [-0.25, -0.2) is 14.8 Å². The van der Waals surface area contributed by atoms with Crippen molar-refractivity contribution in [2.45, 2.75) is 12.3 Å². The molecule has 0 bridgehead atoms. The van der Waals surface area contributed by atoms with E-state index in [0.29, 0.717) is 31.0 Å². The summed E-state index contributed by atoms with van der Waals surface area (Å²) < 4.78 is 5.51. The number of aromatic nitrogens is 2. The van der Waals surface area contributed by atoms with Crippen LogP contribution in [0.15, 0.2) is 60.8 Å². The number of rotatable bonds is 6. The van der Waals surface area contributed by atoms with Crippen LogP contribution in [0.2, 0.25) is 5.28 Å². The van der Waals surface area contributed by atoms with Crippen LogP contribution >= 0.6 is 11.6 Å². The Kier molecular flexibility index (Phi) is 5.95. The summed E-state index contributed by atoms with van der Waals surface area (Å²) in [6, 6.07) is 16.5. The molecule has 1 heterocycles. The van der Waals surface area contributed by atoms with Gasteiger partial charge in [0.15, 0.2) is 0 Å². The summed E-state index contributed by atoms with van der Waals surface area (Å²) in [5.74, 6) is 0.367. The SMILES string of the molecule is Nc1nc(Cl)ncc1C=CCCNC(=O)OCC1c2ccccc2-c2ccccc21. The van der Waals surface area contributed by atoms with Gasteiger partial charge in [0.1, 0.15) is 12.4 Å². The van der Waals surface area contributed by atoms with E-state index in [1.54, 1.807) is 12.3 Å². The van der Waals surface area contributed by atoms with Gasteiger partial charge in [-0.3, -0.25) is 0 Å². The lowest BCUT2D eigenvalue weighted by atomic mass is 9.98. The number of fused-ring (bicyclic) bond motifs is 3. The molecule has 0 saturated carbocycles. The van der Waals surface area contributed by atoms with E-state index < -0.39 is 6.09 Å². The molecule has 2 aromatic carbocycles. The number of nitrogens with zero attached hydrogens (tertiary/aromatic N) is 2. The summed E-state index contributed by atoms with van der Waals surface area (Å²) in [6.45, 7) is 0.746. The number of nitrogens with two attached hydrogens (primary N) is 1. The zero-order chi connectivity index (χ0) is 20.9. The van der Waals surface area contributed by atoms with Crippen LogP contribution in [0.25, 0.3) is 17.2 Å². The molecule has 0 unspecified atom stereocenters. The van der Waals surface area contributed by atoms with Gasteiger partial charge in [-0.2, -0.15) is 0 Å². The van der Waals surface area contributed by atoms with Gasteiger partial charge in [-0.15, -0.1) is 0 Å². The summed E-state index contributed by atoms with van der Waals surface area (Å²) in [5, 5.41) is 2.88. The van der Waals surface area contributed by atoms with Crippen LogP contribution in [0.4, 0.5) is 10.6 Å². The first kappa shape index (κ1) is 19.9. The van der Waals surface area contributed by atoms with Crippen LogP contribution < -0.4 is 11.1 Å². The molecule has 30 heavy (non-hydrogen) atoms. The lowest BCUT2D eigenvalue weighted by molar-refractivity contribution is 0.143. The molecule has 3 N–H and O–H groups in total. The summed E-state index contributed by atoms with van der Waals surface area (Å²) in [4.78, 5) is 19.9. The molecule has 1 aliphatic rings. The second kappa shape index (κ2) is 8.97. The molecule has 0 spiro atoms. The largest absolute Gasteiger partial charge is 0.449 e. The minimum absolute atomic E-state index is 0.0518. The predicted molar refractivity (Wildman–Crippen MR) is 118 cm³/mol. The fraction of sp³-hybridized carbons (Fsp3) is 0.174. The van der Waals surface area contributed by atoms with Gasteiger partial charge >= 0.3 is 6.09 Å². The molecule has 7 heteroatoms. The Morgan fingerprint density at radius 2 is 1.80 bits per heavy atom. The Labute approximate surface area is 179 Å². The van der Waals surface area contributed by atoms with Gasteiger partial charge in [0.2, 0.25) is 5.28 Å². The Balaban J connectivity index is 1.28. The maximum absolute atomic E-state index is 12.1. The molecule has 152 valence electrons. The highest BCUT2D eigenvalue weighted by Crippen LogP contribution is 2.44. The lowest BCUT2D eigenvalue weighted by Crippen LogP contribution is -2.26. The third-order valence-electron chi connectivity index (χ3n) is 5.04. The quantitative estimate of drug-likeness (QED) is 0.447. The van der Waals surface area contributed by atoms with Crippen LogP contribution in [0.1, 0.15) is 29.0 Å². The number of carbonyl (C=O) groups excluding carboxylic acids is 1. The van der Waals surface area contributed by atoms with Crippen LogP contribution in [0.5, 0.6) is 0 Å². The lowest BCUT2D eigenvalue weighted by Gasteiger charge is -2.14. The number of anilines is 1. The smallest absolute Gasteiger partial charge is 0.407 e. The first-order valence-corrected chi connectivity index (χ1v) is 10.0. The minimum atomic E-state index is -0.431. The van der Waals surface area contributed by atoms with Crippen LogP contribution in [0.3, 0.4) is 0 Å². The average molecular weight is 421 g/mol. The van der Waals surface area contributed by atoms with Crippen molar-refractivity contribution in [3.05, 3.63) is 82.8 Å². The summed E-state index contributed by atoms with van der Waals surface area (Å²) in [7, 11) is 0. The van der Waals surface area contributed by atoms with Gasteiger partial charge in [0.05, 0.1) is 0 Å². The molecule has 0 fully saturated rings. The molecule has 0 saturated heterocycles. The molecule has 0 radical (unpaired) electrons. The van der Waals surface area contributed by atoms with E-state index in [4.69, 9.17) is 22.1 Å². The zero-order valence-corrected chi connectivity index (χ0v) is 17.0. The summed E-state index contributed by atoms with van der Waals surface area (Å²) >= 11 is 5.68. The van der Waals surface area contributed by atoms with Crippen molar-refractivity contribution >= 4 is 29.6 Å². The van der Waals surface area contributed by atoms with Crippen LogP contribution in [-0.2, 0) is 4.74 Å². The van der Waals surface area contributed by atoms with Gasteiger partial charge < -0.3 is 15.8 Å². The molecule has 3 aromatic rings. The van der Waals surface area contributed by atoms with E-state index >= 15 is 0 Å². The number of benzene rings is 2. The van der Waals surface area contributed by atoms with E-state index in [1.165, 1.54) is 22.3 Å². The predicted octanol–water partition coefficient (Wildman–Crippen LogP) is 4.65. The number of alkyl carbamates (subject to hydrolysis) is 1. The van der Waals surface area contributed by atoms with E-state index in [9.17, 15) is 4.79 Å². The third kappa shape index (κ3) is 4.28. The normalized spacial score (nSPS) is 12.6. The maximum atomic E-state index is 12.1. The number of hydrogen-bond donors (Lipinski definition) is 2. The first-order chi connectivity index (χ1) is 14.6. The van der Waals surface area contributed by atoms with Crippen molar-refractivity contribution < 1.29 is 9.53 Å². The summed E-state index contributed by atoms with van der Waals surface area (Å²) in [6.07, 6.45) is 5.42. The van der Waals surface area contributed by atoms with Gasteiger partial charge in [-0.1, -0.05) is 60.7 Å². The fourth-order valence-corrected chi connectivity index (χ4v) is 3.77. The van der Waals surface area contributed by atoms with Crippen LogP contribution in [-0.4, -0.2) is 29.2 Å². The Hall–Kier alpha value is -3.38. The van der Waals surface area contributed by atoms with Gasteiger partial charge in [-0.05, 0) is 40.3 Å². The molecule has 1 amide bonds. The maximum Gasteiger partial charge on any atom is 0.407 e. The molecule has 4 rings (SSSR count). The van der Waals surface area contributed by atoms with Crippen molar-refractivity contribution in [3.8, 4) is 11.1 Å². The number of nitrogen functional groups attached to an aromatic ring is 1. The highest BCUT2D eigenvalue weighted by molar-refractivity contribution is 6.28. The topological polar surface area (TPSA) is 90.1 Å². The molecule has 0 aliphatic heterocycles. The molecular weight excluding hydrogens is 400 g/mol. The van der Waals surface area contributed by atoms with E-state index in [1.807, 2.05) is 30.3 Å². The van der Waals surface area contributed by atoms with E-state index in [-0.39, 0.29) is 11.2 Å². The fourth-order valence-electron chi connectivity index (χ4n) is 3.63. The van der Waals surface area contributed by atoms with Crippen molar-refractivity contribution in [2.24, 2.45) is 0 Å². The Morgan fingerprint density at radius 3 is 2.47 bits per heavy atom. The number of amides is 1. The monoisotopic (exact) mass is 420 g/mol. The standard InChI is InChI=1S/C23H21ClN4O2/c24-22-27-13-15(21(25)28-22)7-5-6-12-26-23(29)30-14-20-18-10-3-1-8-16(18)17-9-2-4-11-19(17)20/h1-5,7-11,13,20H,6,12,14H2,(H,26,29)(H2,25,27,28). The molecular formula is C23H21ClN4O2. The average Bonchev–Trinajstić information content (AvgIpc) is 3.07. The molecule has 1 aromatic heterocycles. The highest BCUT2D eigenvalue weighted by Gasteiger charge is 2.28. The second-order valence-corrected chi connectivity index (χ2v) is 7.26. The van der Waals surface area contributed by atoms with Gasteiger partial charge in [0.25, 0.3) is 0 Å². The van der Waals surface area contributed by atoms with E-state index in [0.717, 1.165) is 0 Å². The Bertz CT molecular complexity index is 1050. The highest BCUT2D eigenvalue weighted by atomic mass is 35.5. The minimum Gasteiger partial charge on any atom is -0.449 e. The number of hydrogen-bond acceptors (Lipinski definition) is 5. The third-order valence-corrected chi connectivity index (χ3v) is 5.22. The summed E-state index contributed by atoms with van der Waals surface area (Å²) in [5.41, 5.74) is 11.3. The molecule has 6 nitrogen and oxygen atoms in total.